The zero-order valence-electron chi connectivity index (χ0n) is 9.60. The SMILES string of the molecule is CC(O)(CCc1ccc2c(c1)OCO2)C(N)=O. The smallest absolute Gasteiger partial charge is 0.249 e. The quantitative estimate of drug-likeness (QED) is 0.802. The Morgan fingerprint density at radius 2 is 2.18 bits per heavy atom. The van der Waals surface area contributed by atoms with E-state index in [1.807, 2.05) is 18.2 Å². The van der Waals surface area contributed by atoms with Gasteiger partial charge in [-0.15, -0.1) is 0 Å². The number of hydrogen-bond acceptors (Lipinski definition) is 4. The molecule has 2 rings (SSSR count). The molecule has 1 unspecified atom stereocenters. The van der Waals surface area contributed by atoms with Gasteiger partial charge in [-0.3, -0.25) is 4.79 Å². The van der Waals surface area contributed by atoms with Crippen LogP contribution in [0.4, 0.5) is 0 Å². The van der Waals surface area contributed by atoms with Gasteiger partial charge >= 0.3 is 0 Å². The maximum Gasteiger partial charge on any atom is 0.249 e. The van der Waals surface area contributed by atoms with Crippen molar-refractivity contribution in [3.63, 3.8) is 0 Å². The van der Waals surface area contributed by atoms with Crippen molar-refractivity contribution < 1.29 is 19.4 Å². The standard InChI is InChI=1S/C12H15NO4/c1-12(15,11(13)14)5-4-8-2-3-9-10(6-8)17-7-16-9/h2-3,6,15H,4-5,7H2,1H3,(H2,13,14). The van der Waals surface area contributed by atoms with E-state index in [1.165, 1.54) is 6.92 Å². The number of carbonyl (C=O) groups excluding carboxylic acids is 1. The predicted octanol–water partition coefficient (Wildman–Crippen LogP) is 0.584. The number of benzene rings is 1. The van der Waals surface area contributed by atoms with Crippen LogP contribution in [0.25, 0.3) is 0 Å². The average molecular weight is 237 g/mol. The van der Waals surface area contributed by atoms with Gasteiger partial charge in [0.05, 0.1) is 0 Å². The Labute approximate surface area is 99.1 Å². The van der Waals surface area contributed by atoms with Crippen molar-refractivity contribution in [3.05, 3.63) is 23.8 Å². The maximum absolute atomic E-state index is 11.0. The molecule has 1 aliphatic heterocycles. The molecule has 5 nitrogen and oxygen atoms in total. The average Bonchev–Trinajstić information content (AvgIpc) is 2.73. The number of amides is 1. The molecule has 1 heterocycles. The van der Waals surface area contributed by atoms with Gasteiger partial charge in [-0.25, -0.2) is 0 Å². The lowest BCUT2D eigenvalue weighted by molar-refractivity contribution is -0.135. The molecule has 17 heavy (non-hydrogen) atoms. The van der Waals surface area contributed by atoms with Gasteiger partial charge in [0, 0.05) is 0 Å². The highest BCUT2D eigenvalue weighted by molar-refractivity contribution is 5.82. The lowest BCUT2D eigenvalue weighted by Gasteiger charge is -2.18. The second kappa shape index (κ2) is 4.25. The minimum absolute atomic E-state index is 0.234. The number of hydrogen-bond donors (Lipinski definition) is 2. The number of aliphatic hydroxyl groups is 1. The predicted molar refractivity (Wildman–Crippen MR) is 60.7 cm³/mol. The lowest BCUT2D eigenvalue weighted by atomic mass is 9.96. The zero-order valence-corrected chi connectivity index (χ0v) is 9.60. The molecule has 1 aliphatic rings. The number of fused-ring (bicyclic) bond motifs is 1. The van der Waals surface area contributed by atoms with E-state index < -0.39 is 11.5 Å². The molecule has 0 bridgehead atoms. The molecule has 1 atom stereocenters. The first-order chi connectivity index (χ1) is 7.99. The summed E-state index contributed by atoms with van der Waals surface area (Å²) in [6.45, 7) is 1.65. The van der Waals surface area contributed by atoms with Crippen molar-refractivity contribution in [1.29, 1.82) is 0 Å². The molecule has 0 saturated heterocycles. The molecule has 0 spiro atoms. The van der Waals surface area contributed by atoms with Crippen molar-refractivity contribution in [3.8, 4) is 11.5 Å². The van der Waals surface area contributed by atoms with Gasteiger partial charge in [-0.05, 0) is 37.5 Å². The van der Waals surface area contributed by atoms with Crippen LogP contribution in [0.15, 0.2) is 18.2 Å². The Morgan fingerprint density at radius 1 is 1.47 bits per heavy atom. The van der Waals surface area contributed by atoms with Gasteiger partial charge in [0.15, 0.2) is 11.5 Å². The zero-order chi connectivity index (χ0) is 12.5. The number of nitrogens with two attached hydrogens (primary N) is 1. The molecule has 1 amide bonds. The Balaban J connectivity index is 2.03. The van der Waals surface area contributed by atoms with E-state index in [4.69, 9.17) is 15.2 Å². The van der Waals surface area contributed by atoms with Crippen LogP contribution in [0.2, 0.25) is 0 Å². The normalized spacial score (nSPS) is 16.6. The molecular formula is C12H15NO4. The minimum atomic E-state index is -1.48. The van der Waals surface area contributed by atoms with Gasteiger partial charge in [-0.2, -0.15) is 0 Å². The van der Waals surface area contributed by atoms with Crippen LogP contribution in [0.3, 0.4) is 0 Å². The summed E-state index contributed by atoms with van der Waals surface area (Å²) >= 11 is 0. The van der Waals surface area contributed by atoms with Crippen molar-refractivity contribution in [1.82, 2.24) is 0 Å². The molecule has 0 fully saturated rings. The second-order valence-electron chi connectivity index (χ2n) is 4.33. The third-order valence-corrected chi connectivity index (χ3v) is 2.87. The highest BCUT2D eigenvalue weighted by atomic mass is 16.7. The van der Waals surface area contributed by atoms with Gasteiger partial charge in [-0.1, -0.05) is 6.07 Å². The van der Waals surface area contributed by atoms with E-state index in [0.717, 1.165) is 11.3 Å². The van der Waals surface area contributed by atoms with Crippen LogP contribution in [0, 0.1) is 0 Å². The second-order valence-corrected chi connectivity index (χ2v) is 4.33. The first-order valence-corrected chi connectivity index (χ1v) is 5.40. The Bertz CT molecular complexity index is 442. The van der Waals surface area contributed by atoms with Gasteiger partial charge in [0.2, 0.25) is 12.7 Å². The number of primary amides is 1. The van der Waals surface area contributed by atoms with E-state index in [2.05, 4.69) is 0 Å². The molecule has 5 heteroatoms. The van der Waals surface area contributed by atoms with E-state index in [0.29, 0.717) is 12.2 Å². The third kappa shape index (κ3) is 2.50. The fraction of sp³-hybridized carbons (Fsp3) is 0.417. The monoisotopic (exact) mass is 237 g/mol. The Kier molecular flexibility index (Phi) is 2.93. The summed E-state index contributed by atoms with van der Waals surface area (Å²) in [5.41, 5.74) is 4.58. The number of carbonyl (C=O) groups is 1. The number of rotatable bonds is 4. The van der Waals surface area contributed by atoms with E-state index in [-0.39, 0.29) is 13.2 Å². The van der Waals surface area contributed by atoms with Crippen LogP contribution in [-0.4, -0.2) is 23.4 Å². The summed E-state index contributed by atoms with van der Waals surface area (Å²) in [4.78, 5) is 11.0. The van der Waals surface area contributed by atoms with Gasteiger partial charge in [0.1, 0.15) is 5.60 Å². The fourth-order valence-electron chi connectivity index (χ4n) is 1.61. The largest absolute Gasteiger partial charge is 0.454 e. The highest BCUT2D eigenvalue weighted by Gasteiger charge is 2.27. The first-order valence-electron chi connectivity index (χ1n) is 5.40. The minimum Gasteiger partial charge on any atom is -0.454 e. The summed E-state index contributed by atoms with van der Waals surface area (Å²) in [7, 11) is 0. The van der Waals surface area contributed by atoms with Crippen LogP contribution in [0.1, 0.15) is 18.9 Å². The maximum atomic E-state index is 11.0. The van der Waals surface area contributed by atoms with E-state index in [9.17, 15) is 9.90 Å². The van der Waals surface area contributed by atoms with E-state index >= 15 is 0 Å². The van der Waals surface area contributed by atoms with Crippen molar-refractivity contribution in [2.24, 2.45) is 5.73 Å². The topological polar surface area (TPSA) is 81.8 Å². The van der Waals surface area contributed by atoms with Crippen molar-refractivity contribution in [2.75, 3.05) is 6.79 Å². The molecule has 0 radical (unpaired) electrons. The molecular weight excluding hydrogens is 222 g/mol. The summed E-state index contributed by atoms with van der Waals surface area (Å²) < 4.78 is 10.4. The number of ether oxygens (including phenoxy) is 2. The summed E-state index contributed by atoms with van der Waals surface area (Å²) in [5, 5.41) is 9.72. The molecule has 0 aromatic heterocycles. The van der Waals surface area contributed by atoms with Crippen LogP contribution in [-0.2, 0) is 11.2 Å². The van der Waals surface area contributed by atoms with Crippen LogP contribution < -0.4 is 15.2 Å². The molecule has 92 valence electrons. The summed E-state index contributed by atoms with van der Waals surface area (Å²) in [6, 6.07) is 5.54. The fourth-order valence-corrected chi connectivity index (χ4v) is 1.61. The summed E-state index contributed by atoms with van der Waals surface area (Å²) in [6.07, 6.45) is 0.828. The molecule has 0 aliphatic carbocycles. The number of aryl methyl sites for hydroxylation is 1. The molecule has 0 saturated carbocycles. The lowest BCUT2D eigenvalue weighted by Crippen LogP contribution is -2.41. The molecule has 3 N–H and O–H groups in total. The first kappa shape index (κ1) is 11.7. The van der Waals surface area contributed by atoms with E-state index in [1.54, 1.807) is 0 Å². The van der Waals surface area contributed by atoms with Crippen molar-refractivity contribution in [2.45, 2.75) is 25.4 Å². The van der Waals surface area contributed by atoms with Crippen LogP contribution in [0.5, 0.6) is 11.5 Å². The Hall–Kier alpha value is -1.75. The van der Waals surface area contributed by atoms with Crippen molar-refractivity contribution >= 4 is 5.91 Å². The van der Waals surface area contributed by atoms with Gasteiger partial charge < -0.3 is 20.3 Å². The van der Waals surface area contributed by atoms with Crippen LogP contribution >= 0.6 is 0 Å². The molecule has 1 aromatic carbocycles. The third-order valence-electron chi connectivity index (χ3n) is 2.87. The Morgan fingerprint density at radius 3 is 2.88 bits per heavy atom. The van der Waals surface area contributed by atoms with Gasteiger partial charge in [0.25, 0.3) is 0 Å². The highest BCUT2D eigenvalue weighted by Crippen LogP contribution is 2.33. The summed E-state index contributed by atoms with van der Waals surface area (Å²) in [5.74, 6) is 0.704. The molecule has 1 aromatic rings.